The third-order valence-electron chi connectivity index (χ3n) is 6.45. The molecule has 1 amide bonds. The predicted octanol–water partition coefficient (Wildman–Crippen LogP) is 1.79. The van der Waals surface area contributed by atoms with Crippen molar-refractivity contribution in [2.24, 2.45) is 5.73 Å². The van der Waals surface area contributed by atoms with E-state index in [2.05, 4.69) is 24.0 Å². The van der Waals surface area contributed by atoms with Gasteiger partial charge in [0.05, 0.1) is 6.61 Å². The number of carbonyl (C=O) groups excluding carboxylic acids is 1. The number of rotatable bonds is 8. The maximum Gasteiger partial charge on any atom is 0.240 e. The van der Waals surface area contributed by atoms with Crippen molar-refractivity contribution in [2.75, 3.05) is 46.4 Å². The molecule has 1 aromatic heterocycles. The first-order valence-electron chi connectivity index (χ1n) is 10.4. The number of primary amides is 1. The smallest absolute Gasteiger partial charge is 0.240 e. The average molecular weight is 444 g/mol. The van der Waals surface area contributed by atoms with Gasteiger partial charge in [0.1, 0.15) is 0 Å². The molecular weight excluding hydrogens is 410 g/mol. The van der Waals surface area contributed by atoms with Crippen molar-refractivity contribution < 1.29 is 17.9 Å². The van der Waals surface area contributed by atoms with Crippen molar-refractivity contribution in [3.8, 4) is 0 Å². The Morgan fingerprint density at radius 1 is 1.24 bits per heavy atom. The molecule has 2 fully saturated rings. The highest BCUT2D eigenvalue weighted by molar-refractivity contribution is 7.91. The molecule has 0 bridgehead atoms. The van der Waals surface area contributed by atoms with Crippen molar-refractivity contribution in [3.63, 3.8) is 0 Å². The van der Waals surface area contributed by atoms with Gasteiger partial charge in [0, 0.05) is 49.6 Å². The standard InChI is InChI=1S/C20H33N3O4S2/c1-3-17-4-5-18(28-17)16-6-10-23(11-7-16)29(25,26)20(19(21)24)8-12-22(13-9-20)14-15-27-2/h4-5,16H,3,6-15H2,1-2H3,(H2,21,24). The van der Waals surface area contributed by atoms with Crippen LogP contribution in [0.5, 0.6) is 0 Å². The molecule has 2 aliphatic rings. The van der Waals surface area contributed by atoms with Gasteiger partial charge in [-0.05, 0) is 50.2 Å². The fourth-order valence-corrected chi connectivity index (χ4v) is 7.68. The van der Waals surface area contributed by atoms with Crippen LogP contribution in [0.2, 0.25) is 0 Å². The number of aryl methyl sites for hydroxylation is 1. The Kier molecular flexibility index (Phi) is 7.37. The van der Waals surface area contributed by atoms with Crippen LogP contribution < -0.4 is 5.73 Å². The van der Waals surface area contributed by atoms with Crippen LogP contribution in [0.1, 0.15) is 48.3 Å². The topological polar surface area (TPSA) is 92.9 Å². The largest absolute Gasteiger partial charge is 0.383 e. The van der Waals surface area contributed by atoms with Crippen molar-refractivity contribution in [2.45, 2.75) is 49.7 Å². The fraction of sp³-hybridized carbons (Fsp3) is 0.750. The minimum Gasteiger partial charge on any atom is -0.383 e. The van der Waals surface area contributed by atoms with E-state index in [1.807, 2.05) is 11.3 Å². The number of methoxy groups -OCH3 is 1. The molecule has 0 radical (unpaired) electrons. The summed E-state index contributed by atoms with van der Waals surface area (Å²) >= 11 is 1.83. The van der Waals surface area contributed by atoms with Gasteiger partial charge in [-0.3, -0.25) is 4.79 Å². The SMILES string of the molecule is CCc1ccc(C2CCN(S(=O)(=O)C3(C(N)=O)CCN(CCOC)CC3)CC2)s1. The number of hydrogen-bond acceptors (Lipinski definition) is 6. The van der Waals surface area contributed by atoms with Gasteiger partial charge in [0.15, 0.2) is 4.75 Å². The minimum absolute atomic E-state index is 0.249. The van der Waals surface area contributed by atoms with Crippen molar-refractivity contribution in [3.05, 3.63) is 21.9 Å². The average Bonchev–Trinajstić information content (AvgIpc) is 3.21. The number of likely N-dealkylation sites (tertiary alicyclic amines) is 1. The van der Waals surface area contributed by atoms with Crippen LogP contribution in [0.15, 0.2) is 12.1 Å². The number of piperidine rings is 2. The first-order valence-corrected chi connectivity index (χ1v) is 12.7. The maximum atomic E-state index is 13.5. The molecule has 164 valence electrons. The molecule has 2 aliphatic heterocycles. The summed E-state index contributed by atoms with van der Waals surface area (Å²) in [5.41, 5.74) is 5.69. The van der Waals surface area contributed by atoms with E-state index in [9.17, 15) is 13.2 Å². The van der Waals surface area contributed by atoms with E-state index >= 15 is 0 Å². The maximum absolute atomic E-state index is 13.5. The van der Waals surface area contributed by atoms with Gasteiger partial charge < -0.3 is 15.4 Å². The molecule has 2 N–H and O–H groups in total. The van der Waals surface area contributed by atoms with Gasteiger partial charge in [-0.2, -0.15) is 0 Å². The van der Waals surface area contributed by atoms with Gasteiger partial charge in [-0.1, -0.05) is 6.92 Å². The van der Waals surface area contributed by atoms with E-state index in [0.29, 0.717) is 38.7 Å². The molecule has 0 unspecified atom stereocenters. The van der Waals surface area contributed by atoms with Crippen LogP contribution in [-0.2, 0) is 26.0 Å². The highest BCUT2D eigenvalue weighted by Crippen LogP contribution is 2.38. The lowest BCUT2D eigenvalue weighted by atomic mass is 9.95. The summed E-state index contributed by atoms with van der Waals surface area (Å²) in [5.74, 6) is -0.316. The van der Waals surface area contributed by atoms with Crippen LogP contribution >= 0.6 is 11.3 Å². The molecule has 0 aliphatic carbocycles. The van der Waals surface area contributed by atoms with Gasteiger partial charge in [-0.15, -0.1) is 11.3 Å². The van der Waals surface area contributed by atoms with E-state index in [1.54, 1.807) is 7.11 Å². The van der Waals surface area contributed by atoms with Crippen LogP contribution in [0.25, 0.3) is 0 Å². The number of carbonyl (C=O) groups is 1. The first kappa shape index (κ1) is 22.7. The quantitative estimate of drug-likeness (QED) is 0.661. The summed E-state index contributed by atoms with van der Waals surface area (Å²) in [6.07, 6.45) is 3.11. The Bertz CT molecular complexity index is 792. The van der Waals surface area contributed by atoms with Crippen LogP contribution in [-0.4, -0.2) is 74.7 Å². The molecule has 29 heavy (non-hydrogen) atoms. The third kappa shape index (κ3) is 4.54. The van der Waals surface area contributed by atoms with Gasteiger partial charge >= 0.3 is 0 Å². The summed E-state index contributed by atoms with van der Waals surface area (Å²) in [5, 5.41) is 0. The number of nitrogens with zero attached hydrogens (tertiary/aromatic N) is 2. The van der Waals surface area contributed by atoms with Gasteiger partial charge in [0.25, 0.3) is 0 Å². The summed E-state index contributed by atoms with van der Waals surface area (Å²) < 4.78 is 32.1. The second-order valence-electron chi connectivity index (χ2n) is 8.03. The number of sulfonamides is 1. The monoisotopic (exact) mass is 443 g/mol. The Hall–Kier alpha value is -1.00. The Labute approximate surface area is 178 Å². The van der Waals surface area contributed by atoms with Crippen LogP contribution in [0, 0.1) is 0 Å². The summed E-state index contributed by atoms with van der Waals surface area (Å²) in [6.45, 7) is 5.45. The number of thiophene rings is 1. The van der Waals surface area contributed by atoms with Crippen LogP contribution in [0.3, 0.4) is 0 Å². The lowest BCUT2D eigenvalue weighted by Crippen LogP contribution is -2.61. The molecule has 0 atom stereocenters. The van der Waals surface area contributed by atoms with E-state index in [0.717, 1.165) is 25.8 Å². The first-order chi connectivity index (χ1) is 13.8. The van der Waals surface area contributed by atoms with E-state index in [4.69, 9.17) is 10.5 Å². The van der Waals surface area contributed by atoms with E-state index in [-0.39, 0.29) is 12.8 Å². The van der Waals surface area contributed by atoms with Crippen molar-refractivity contribution in [1.29, 1.82) is 0 Å². The Morgan fingerprint density at radius 3 is 2.41 bits per heavy atom. The molecule has 2 saturated heterocycles. The number of hydrogen-bond donors (Lipinski definition) is 1. The van der Waals surface area contributed by atoms with Crippen LogP contribution in [0.4, 0.5) is 0 Å². The lowest BCUT2D eigenvalue weighted by molar-refractivity contribution is -0.121. The predicted molar refractivity (Wildman–Crippen MR) is 116 cm³/mol. The van der Waals surface area contributed by atoms with Gasteiger partial charge in [-0.25, -0.2) is 12.7 Å². The zero-order valence-electron chi connectivity index (χ0n) is 17.4. The second kappa shape index (κ2) is 9.43. The summed E-state index contributed by atoms with van der Waals surface area (Å²) in [6, 6.07) is 4.35. The summed E-state index contributed by atoms with van der Waals surface area (Å²) in [7, 11) is -2.15. The van der Waals surface area contributed by atoms with Crippen molar-refractivity contribution in [1.82, 2.24) is 9.21 Å². The normalized spacial score (nSPS) is 22.0. The summed E-state index contributed by atoms with van der Waals surface area (Å²) in [4.78, 5) is 17.2. The molecule has 9 heteroatoms. The van der Waals surface area contributed by atoms with Crippen molar-refractivity contribution >= 4 is 27.3 Å². The fourth-order valence-electron chi connectivity index (χ4n) is 4.42. The molecular formula is C20H33N3O4S2. The van der Waals surface area contributed by atoms with E-state index in [1.165, 1.54) is 14.1 Å². The van der Waals surface area contributed by atoms with Gasteiger partial charge in [0.2, 0.25) is 15.9 Å². The zero-order valence-corrected chi connectivity index (χ0v) is 19.1. The molecule has 7 nitrogen and oxygen atoms in total. The highest BCUT2D eigenvalue weighted by atomic mass is 32.2. The number of ether oxygens (including phenoxy) is 1. The highest BCUT2D eigenvalue weighted by Gasteiger charge is 2.53. The Morgan fingerprint density at radius 2 is 1.90 bits per heavy atom. The molecule has 3 heterocycles. The zero-order chi connectivity index (χ0) is 21.1. The van der Waals surface area contributed by atoms with E-state index < -0.39 is 20.7 Å². The molecule has 0 spiro atoms. The number of nitrogens with two attached hydrogens (primary N) is 1. The minimum atomic E-state index is -3.79. The number of amides is 1. The molecule has 0 aromatic carbocycles. The lowest BCUT2D eigenvalue weighted by Gasteiger charge is -2.43. The molecule has 0 saturated carbocycles. The second-order valence-corrected chi connectivity index (χ2v) is 11.5. The molecule has 3 rings (SSSR count). The Balaban J connectivity index is 1.68. The third-order valence-corrected chi connectivity index (χ3v) is 10.5. The molecule has 1 aromatic rings.